The summed E-state index contributed by atoms with van der Waals surface area (Å²) in [5, 5.41) is 9.81. The van der Waals surface area contributed by atoms with Gasteiger partial charge in [-0.1, -0.05) is 12.1 Å². The molecule has 0 radical (unpaired) electrons. The number of likely N-dealkylation sites (N-methyl/N-ethyl adjacent to an activating group) is 1. The highest BCUT2D eigenvalue weighted by Crippen LogP contribution is 2.23. The Hall–Kier alpha value is -2.08. The van der Waals surface area contributed by atoms with Crippen molar-refractivity contribution in [2.45, 2.75) is 13.0 Å². The summed E-state index contributed by atoms with van der Waals surface area (Å²) in [6.07, 6.45) is -1.29. The van der Waals surface area contributed by atoms with Crippen LogP contribution in [0.1, 0.15) is 18.6 Å². The van der Waals surface area contributed by atoms with E-state index in [2.05, 4.69) is 0 Å². The number of ether oxygens (including phenoxy) is 1. The number of aliphatic hydroxyl groups is 1. The van der Waals surface area contributed by atoms with Gasteiger partial charge in [-0.25, -0.2) is 9.59 Å². The Kier molecular flexibility index (Phi) is 4.24. The normalized spacial score (nSPS) is 16.4. The summed E-state index contributed by atoms with van der Waals surface area (Å²) in [4.78, 5) is 26.6. The molecular weight excluding hydrogens is 260 g/mol. The Balaban J connectivity index is 2.10. The van der Waals surface area contributed by atoms with Crippen molar-refractivity contribution in [1.29, 1.82) is 0 Å². The number of anilines is 1. The summed E-state index contributed by atoms with van der Waals surface area (Å²) in [6.45, 7) is 3.23. The van der Waals surface area contributed by atoms with Gasteiger partial charge in [0, 0.05) is 25.8 Å². The minimum absolute atomic E-state index is 0.0521. The van der Waals surface area contributed by atoms with E-state index >= 15 is 0 Å². The average Bonchev–Trinajstić information content (AvgIpc) is 2.79. The average molecular weight is 278 g/mol. The van der Waals surface area contributed by atoms with E-state index < -0.39 is 12.1 Å². The van der Waals surface area contributed by atoms with Gasteiger partial charge in [0.25, 0.3) is 0 Å². The number of urea groups is 1. The van der Waals surface area contributed by atoms with Gasteiger partial charge in [-0.15, -0.1) is 0 Å². The molecule has 1 aromatic carbocycles. The fourth-order valence-corrected chi connectivity index (χ4v) is 2.08. The number of hydrogen-bond acceptors (Lipinski definition) is 4. The molecule has 2 rings (SSSR count). The maximum Gasteiger partial charge on any atom is 0.339 e. The van der Waals surface area contributed by atoms with Crippen LogP contribution in [0.15, 0.2) is 24.3 Å². The molecule has 0 aliphatic carbocycles. The van der Waals surface area contributed by atoms with E-state index in [1.54, 1.807) is 48.0 Å². The molecule has 0 aromatic heterocycles. The zero-order valence-corrected chi connectivity index (χ0v) is 11.6. The molecule has 0 saturated carbocycles. The smallest absolute Gasteiger partial charge is 0.339 e. The van der Waals surface area contributed by atoms with E-state index in [0.717, 1.165) is 5.69 Å². The second-order valence-corrected chi connectivity index (χ2v) is 4.60. The van der Waals surface area contributed by atoms with E-state index in [1.165, 1.54) is 0 Å². The fourth-order valence-electron chi connectivity index (χ4n) is 2.08. The molecule has 6 heteroatoms. The summed E-state index contributed by atoms with van der Waals surface area (Å²) >= 11 is 0. The number of benzene rings is 1. The molecule has 1 aromatic rings. The van der Waals surface area contributed by atoms with Crippen molar-refractivity contribution in [2.24, 2.45) is 0 Å². The molecule has 108 valence electrons. The van der Waals surface area contributed by atoms with Crippen molar-refractivity contribution in [3.63, 3.8) is 0 Å². The van der Waals surface area contributed by atoms with Gasteiger partial charge in [0.2, 0.25) is 0 Å². The van der Waals surface area contributed by atoms with Gasteiger partial charge in [-0.3, -0.25) is 4.90 Å². The van der Waals surface area contributed by atoms with Crippen LogP contribution in [0, 0.1) is 0 Å². The highest BCUT2D eigenvalue weighted by atomic mass is 16.5. The second-order valence-electron chi connectivity index (χ2n) is 4.60. The van der Waals surface area contributed by atoms with Gasteiger partial charge in [-0.05, 0) is 24.6 Å². The number of hydrogen-bond donors (Lipinski definition) is 1. The topological polar surface area (TPSA) is 70.1 Å². The lowest BCUT2D eigenvalue weighted by atomic mass is 10.1. The van der Waals surface area contributed by atoms with Gasteiger partial charge < -0.3 is 14.7 Å². The molecule has 1 heterocycles. The zero-order chi connectivity index (χ0) is 14.7. The molecule has 1 saturated heterocycles. The Morgan fingerprint density at radius 1 is 1.35 bits per heavy atom. The molecule has 6 nitrogen and oxygen atoms in total. The first-order chi connectivity index (χ1) is 9.54. The highest BCUT2D eigenvalue weighted by Gasteiger charge is 2.27. The number of aliphatic hydroxyl groups excluding tert-OH is 1. The van der Waals surface area contributed by atoms with Crippen LogP contribution in [0.4, 0.5) is 10.5 Å². The second kappa shape index (κ2) is 5.92. The largest absolute Gasteiger partial charge is 0.464 e. The number of nitrogens with zero attached hydrogens (tertiary/aromatic N) is 2. The highest BCUT2D eigenvalue weighted by molar-refractivity contribution is 5.94. The van der Waals surface area contributed by atoms with Crippen molar-refractivity contribution in [3.8, 4) is 0 Å². The van der Waals surface area contributed by atoms with Gasteiger partial charge >= 0.3 is 12.0 Å². The summed E-state index contributed by atoms with van der Waals surface area (Å²) in [7, 11) is 1.75. The first-order valence-corrected chi connectivity index (χ1v) is 6.52. The van der Waals surface area contributed by atoms with Crippen LogP contribution in [0.2, 0.25) is 0 Å². The molecular formula is C14H18N2O4. The van der Waals surface area contributed by atoms with Crippen LogP contribution in [0.25, 0.3) is 0 Å². The van der Waals surface area contributed by atoms with Gasteiger partial charge in [-0.2, -0.15) is 0 Å². The summed E-state index contributed by atoms with van der Waals surface area (Å²) < 4.78 is 4.76. The monoisotopic (exact) mass is 278 g/mol. The number of carbonyl (C=O) groups excluding carboxylic acids is 2. The Bertz CT molecular complexity index is 500. The predicted octanol–water partition coefficient (Wildman–Crippen LogP) is 1.15. The molecule has 20 heavy (non-hydrogen) atoms. The van der Waals surface area contributed by atoms with Crippen molar-refractivity contribution in [3.05, 3.63) is 29.8 Å². The molecule has 0 bridgehead atoms. The minimum atomic E-state index is -1.29. The Morgan fingerprint density at radius 3 is 2.50 bits per heavy atom. The van der Waals surface area contributed by atoms with E-state index in [1.807, 2.05) is 0 Å². The SMILES string of the molecule is CCOC(=O)C(O)c1ccc(N2CCN(C)C2=O)cc1. The lowest BCUT2D eigenvalue weighted by Crippen LogP contribution is -2.29. The van der Waals surface area contributed by atoms with Gasteiger partial charge in [0.15, 0.2) is 6.10 Å². The number of rotatable bonds is 4. The Morgan fingerprint density at radius 2 is 2.00 bits per heavy atom. The van der Waals surface area contributed by atoms with E-state index in [-0.39, 0.29) is 12.6 Å². The summed E-state index contributed by atoms with van der Waals surface area (Å²) in [5.74, 6) is -0.669. The third kappa shape index (κ3) is 2.75. The molecule has 1 atom stereocenters. The van der Waals surface area contributed by atoms with Crippen molar-refractivity contribution < 1.29 is 19.4 Å². The third-order valence-electron chi connectivity index (χ3n) is 3.25. The predicted molar refractivity (Wildman–Crippen MR) is 73.4 cm³/mol. The number of carbonyl (C=O) groups is 2. The van der Waals surface area contributed by atoms with Crippen LogP contribution in [-0.4, -0.2) is 48.8 Å². The van der Waals surface area contributed by atoms with Crippen molar-refractivity contribution >= 4 is 17.7 Å². The first kappa shape index (κ1) is 14.3. The van der Waals surface area contributed by atoms with Crippen molar-refractivity contribution in [1.82, 2.24) is 4.90 Å². The molecule has 0 spiro atoms. The van der Waals surface area contributed by atoms with Crippen LogP contribution in [-0.2, 0) is 9.53 Å². The summed E-state index contributed by atoms with van der Waals surface area (Å²) in [6, 6.07) is 6.64. The van der Waals surface area contributed by atoms with E-state index in [4.69, 9.17) is 4.74 Å². The lowest BCUT2D eigenvalue weighted by Gasteiger charge is -2.17. The number of amides is 2. The maximum atomic E-state index is 11.8. The summed E-state index contributed by atoms with van der Waals surface area (Å²) in [5.41, 5.74) is 1.20. The van der Waals surface area contributed by atoms with Crippen molar-refractivity contribution in [2.75, 3.05) is 31.6 Å². The maximum absolute atomic E-state index is 11.8. The van der Waals surface area contributed by atoms with Crippen LogP contribution < -0.4 is 4.90 Å². The lowest BCUT2D eigenvalue weighted by molar-refractivity contribution is -0.153. The zero-order valence-electron chi connectivity index (χ0n) is 11.6. The molecule has 2 amide bonds. The standard InChI is InChI=1S/C14H18N2O4/c1-3-20-13(18)12(17)10-4-6-11(7-5-10)16-9-8-15(2)14(16)19/h4-7,12,17H,3,8-9H2,1-2H3. The van der Waals surface area contributed by atoms with Crippen LogP contribution in [0.3, 0.4) is 0 Å². The molecule has 1 N–H and O–H groups in total. The molecule has 1 fully saturated rings. The van der Waals surface area contributed by atoms with Crippen LogP contribution >= 0.6 is 0 Å². The Labute approximate surface area is 117 Å². The third-order valence-corrected chi connectivity index (χ3v) is 3.25. The fraction of sp³-hybridized carbons (Fsp3) is 0.429. The van der Waals surface area contributed by atoms with E-state index in [0.29, 0.717) is 18.7 Å². The van der Waals surface area contributed by atoms with Crippen LogP contribution in [0.5, 0.6) is 0 Å². The molecule has 1 unspecified atom stereocenters. The quantitative estimate of drug-likeness (QED) is 0.839. The van der Waals surface area contributed by atoms with Gasteiger partial charge in [0.1, 0.15) is 0 Å². The molecule has 1 aliphatic heterocycles. The molecule has 1 aliphatic rings. The number of esters is 1. The first-order valence-electron chi connectivity index (χ1n) is 6.52. The van der Waals surface area contributed by atoms with Gasteiger partial charge in [0.05, 0.1) is 6.61 Å². The minimum Gasteiger partial charge on any atom is -0.464 e. The van der Waals surface area contributed by atoms with E-state index in [9.17, 15) is 14.7 Å².